The van der Waals surface area contributed by atoms with Crippen LogP contribution in [0, 0.1) is 17.3 Å². The number of nitrogens with one attached hydrogen (secondary N) is 1. The van der Waals surface area contributed by atoms with Crippen molar-refractivity contribution in [2.24, 2.45) is 5.41 Å². The molecule has 0 aliphatic heterocycles. The maximum Gasteiger partial charge on any atom is 0.319 e. The van der Waals surface area contributed by atoms with Crippen molar-refractivity contribution in [3.05, 3.63) is 35.9 Å². The number of hydrogen-bond donors (Lipinski definition) is 1. The Hall–Kier alpha value is -1.79. The van der Waals surface area contributed by atoms with Crippen molar-refractivity contribution in [1.29, 1.82) is 0 Å². The van der Waals surface area contributed by atoms with E-state index in [4.69, 9.17) is 0 Å². The number of hydrogen-bond acceptors (Lipinski definition) is 3. The lowest BCUT2D eigenvalue weighted by Gasteiger charge is -2.21. The second-order valence-corrected chi connectivity index (χ2v) is 5.19. The molecule has 3 nitrogen and oxygen atoms in total. The predicted octanol–water partition coefficient (Wildman–Crippen LogP) is 2.22. The average molecular weight is 259 g/mol. The van der Waals surface area contributed by atoms with Gasteiger partial charge in [0.2, 0.25) is 0 Å². The Morgan fingerprint density at radius 1 is 1.32 bits per heavy atom. The summed E-state index contributed by atoms with van der Waals surface area (Å²) in [4.78, 5) is 11.0. The van der Waals surface area contributed by atoms with Crippen LogP contribution in [0.15, 0.2) is 30.3 Å². The first-order chi connectivity index (χ1) is 9.03. The van der Waals surface area contributed by atoms with E-state index in [1.54, 1.807) is 0 Å². The standard InChI is InChI=1S/C16H21NO2/c1-16(2,13-17-12-15(18)19-3)11-7-10-14-8-5-4-6-9-14/h4-6,8-9,17H,11-13H2,1-3H3. The summed E-state index contributed by atoms with van der Waals surface area (Å²) in [5.41, 5.74) is 1.05. The van der Waals surface area contributed by atoms with Gasteiger partial charge in [-0.15, -0.1) is 0 Å². The first-order valence-corrected chi connectivity index (χ1v) is 6.35. The minimum absolute atomic E-state index is 0.0236. The summed E-state index contributed by atoms with van der Waals surface area (Å²) >= 11 is 0. The molecule has 0 bridgehead atoms. The first kappa shape index (κ1) is 15.3. The minimum atomic E-state index is -0.244. The monoisotopic (exact) mass is 259 g/mol. The van der Waals surface area contributed by atoms with E-state index in [1.165, 1.54) is 7.11 Å². The molecule has 3 heteroatoms. The Bertz CT molecular complexity index is 455. The molecule has 0 fully saturated rings. The van der Waals surface area contributed by atoms with Gasteiger partial charge in [-0.2, -0.15) is 0 Å². The summed E-state index contributed by atoms with van der Waals surface area (Å²) in [5.74, 6) is 6.09. The van der Waals surface area contributed by atoms with Gasteiger partial charge in [0.05, 0.1) is 13.7 Å². The van der Waals surface area contributed by atoms with Crippen LogP contribution in [0.4, 0.5) is 0 Å². The second-order valence-electron chi connectivity index (χ2n) is 5.19. The highest BCUT2D eigenvalue weighted by atomic mass is 16.5. The molecule has 1 rings (SSSR count). The van der Waals surface area contributed by atoms with E-state index in [0.29, 0.717) is 0 Å². The van der Waals surface area contributed by atoms with Crippen molar-refractivity contribution in [2.75, 3.05) is 20.2 Å². The minimum Gasteiger partial charge on any atom is -0.468 e. The van der Waals surface area contributed by atoms with Crippen LogP contribution >= 0.6 is 0 Å². The van der Waals surface area contributed by atoms with E-state index < -0.39 is 0 Å². The lowest BCUT2D eigenvalue weighted by atomic mass is 9.89. The molecule has 1 N–H and O–H groups in total. The summed E-state index contributed by atoms with van der Waals surface area (Å²) in [6.45, 7) is 5.21. The van der Waals surface area contributed by atoms with Gasteiger partial charge in [0.15, 0.2) is 0 Å². The number of carbonyl (C=O) groups is 1. The van der Waals surface area contributed by atoms with Crippen LogP contribution in [0.2, 0.25) is 0 Å². The van der Waals surface area contributed by atoms with Gasteiger partial charge >= 0.3 is 5.97 Å². The zero-order valence-electron chi connectivity index (χ0n) is 11.8. The maximum absolute atomic E-state index is 11.0. The number of benzene rings is 1. The highest BCUT2D eigenvalue weighted by molar-refractivity contribution is 5.71. The van der Waals surface area contributed by atoms with Gasteiger partial charge in [-0.1, -0.05) is 43.9 Å². The van der Waals surface area contributed by atoms with Crippen molar-refractivity contribution in [3.8, 4) is 11.8 Å². The molecule has 0 heterocycles. The van der Waals surface area contributed by atoms with E-state index in [9.17, 15) is 4.79 Å². The fraction of sp³-hybridized carbons (Fsp3) is 0.438. The van der Waals surface area contributed by atoms with Crippen molar-refractivity contribution in [3.63, 3.8) is 0 Å². The molecule has 0 aromatic heterocycles. The molecule has 0 radical (unpaired) electrons. The van der Waals surface area contributed by atoms with Crippen LogP contribution < -0.4 is 5.32 Å². The van der Waals surface area contributed by atoms with E-state index in [2.05, 4.69) is 35.7 Å². The lowest BCUT2D eigenvalue weighted by Crippen LogP contribution is -2.33. The van der Waals surface area contributed by atoms with Crippen LogP contribution in [0.25, 0.3) is 0 Å². The molecule has 102 valence electrons. The SMILES string of the molecule is COC(=O)CNCC(C)(C)CC#Cc1ccccc1. The van der Waals surface area contributed by atoms with Gasteiger partial charge in [0.1, 0.15) is 0 Å². The van der Waals surface area contributed by atoms with E-state index in [1.807, 2.05) is 30.3 Å². The van der Waals surface area contributed by atoms with Crippen molar-refractivity contribution in [2.45, 2.75) is 20.3 Å². The largest absolute Gasteiger partial charge is 0.468 e. The van der Waals surface area contributed by atoms with E-state index in [-0.39, 0.29) is 17.9 Å². The molecule has 0 amide bonds. The molecule has 0 spiro atoms. The summed E-state index contributed by atoms with van der Waals surface area (Å²) < 4.78 is 4.57. The maximum atomic E-state index is 11.0. The Balaban J connectivity index is 2.38. The second kappa shape index (κ2) is 7.60. The zero-order chi connectivity index (χ0) is 14.1. The number of methoxy groups -OCH3 is 1. The Morgan fingerprint density at radius 2 is 2.00 bits per heavy atom. The van der Waals surface area contributed by atoms with E-state index >= 15 is 0 Å². The summed E-state index contributed by atoms with van der Waals surface area (Å²) in [6, 6.07) is 9.93. The molecule has 0 aliphatic rings. The van der Waals surface area contributed by atoms with Gasteiger partial charge in [-0.25, -0.2) is 0 Å². The quantitative estimate of drug-likeness (QED) is 0.651. The van der Waals surface area contributed by atoms with Crippen molar-refractivity contribution < 1.29 is 9.53 Å². The number of carbonyl (C=O) groups excluding carboxylic acids is 1. The molecule has 1 aromatic rings. The van der Waals surface area contributed by atoms with Gasteiger partial charge in [0.25, 0.3) is 0 Å². The smallest absolute Gasteiger partial charge is 0.319 e. The third-order valence-corrected chi connectivity index (χ3v) is 2.67. The third kappa shape index (κ3) is 6.64. The van der Waals surface area contributed by atoms with Gasteiger partial charge in [0, 0.05) is 18.5 Å². The lowest BCUT2D eigenvalue weighted by molar-refractivity contribution is -0.139. The van der Waals surface area contributed by atoms with Crippen molar-refractivity contribution in [1.82, 2.24) is 5.32 Å². The van der Waals surface area contributed by atoms with Gasteiger partial charge in [-0.05, 0) is 17.5 Å². The van der Waals surface area contributed by atoms with Crippen LogP contribution in [0.1, 0.15) is 25.8 Å². The summed E-state index contributed by atoms with van der Waals surface area (Å²) in [5, 5.41) is 3.08. The number of rotatable bonds is 5. The average Bonchev–Trinajstić information content (AvgIpc) is 2.39. The molecular formula is C16H21NO2. The fourth-order valence-electron chi connectivity index (χ4n) is 1.54. The predicted molar refractivity (Wildman–Crippen MR) is 76.6 cm³/mol. The topological polar surface area (TPSA) is 38.3 Å². The Morgan fingerprint density at radius 3 is 2.63 bits per heavy atom. The molecule has 0 saturated heterocycles. The third-order valence-electron chi connectivity index (χ3n) is 2.67. The molecule has 1 aromatic carbocycles. The van der Waals surface area contributed by atoms with Crippen molar-refractivity contribution >= 4 is 5.97 Å². The van der Waals surface area contributed by atoms with E-state index in [0.717, 1.165) is 18.5 Å². The van der Waals surface area contributed by atoms with Crippen LogP contribution in [-0.2, 0) is 9.53 Å². The molecule has 0 unspecified atom stereocenters. The first-order valence-electron chi connectivity index (χ1n) is 6.35. The Kier molecular flexibility index (Phi) is 6.11. The van der Waals surface area contributed by atoms with Crippen LogP contribution in [0.5, 0.6) is 0 Å². The van der Waals surface area contributed by atoms with Gasteiger partial charge in [-0.3, -0.25) is 4.79 Å². The van der Waals surface area contributed by atoms with Crippen LogP contribution in [0.3, 0.4) is 0 Å². The molecule has 19 heavy (non-hydrogen) atoms. The fourth-order valence-corrected chi connectivity index (χ4v) is 1.54. The summed E-state index contributed by atoms with van der Waals surface area (Å²) in [6.07, 6.45) is 0.774. The number of esters is 1. The zero-order valence-corrected chi connectivity index (χ0v) is 11.8. The highest BCUT2D eigenvalue weighted by Crippen LogP contribution is 2.17. The normalized spacial score (nSPS) is 10.5. The van der Waals surface area contributed by atoms with Crippen LogP contribution in [-0.4, -0.2) is 26.2 Å². The molecular weight excluding hydrogens is 238 g/mol. The molecule has 0 aliphatic carbocycles. The highest BCUT2D eigenvalue weighted by Gasteiger charge is 2.16. The Labute approximate surface area is 115 Å². The molecule has 0 atom stereocenters. The summed E-state index contributed by atoms with van der Waals surface area (Å²) in [7, 11) is 1.39. The number of ether oxygens (including phenoxy) is 1. The molecule has 0 saturated carbocycles. The van der Waals surface area contributed by atoms with Gasteiger partial charge < -0.3 is 10.1 Å².